The summed E-state index contributed by atoms with van der Waals surface area (Å²) >= 11 is 10.3. The highest BCUT2D eigenvalue weighted by atomic mass is 79.9. The molecule has 0 fully saturated rings. The summed E-state index contributed by atoms with van der Waals surface area (Å²) in [6.07, 6.45) is 0. The van der Waals surface area contributed by atoms with E-state index in [0.29, 0.717) is 4.21 Å². The van der Waals surface area contributed by atoms with Gasteiger partial charge in [0.15, 0.2) is 0 Å². The predicted octanol–water partition coefficient (Wildman–Crippen LogP) is 3.36. The molecule has 0 saturated heterocycles. The van der Waals surface area contributed by atoms with Crippen LogP contribution in [0.5, 0.6) is 0 Å². The summed E-state index contributed by atoms with van der Waals surface area (Å²) in [5, 5.41) is 0. The van der Waals surface area contributed by atoms with Crippen LogP contribution in [0.25, 0.3) is 0 Å². The van der Waals surface area contributed by atoms with Gasteiger partial charge in [-0.05, 0) is 40.4 Å². The fourth-order valence-electron chi connectivity index (χ4n) is 1.17. The van der Waals surface area contributed by atoms with Crippen LogP contribution >= 0.6 is 38.9 Å². The number of alkyl halides is 1. The molecule has 0 bridgehead atoms. The quantitative estimate of drug-likeness (QED) is 0.818. The Bertz CT molecular complexity index is 465. The Morgan fingerprint density at radius 1 is 1.53 bits per heavy atom. The minimum absolute atomic E-state index is 0.159. The van der Waals surface area contributed by atoms with Gasteiger partial charge in [-0.2, -0.15) is 0 Å². The molecule has 0 radical (unpaired) electrons. The maximum Gasteiger partial charge on any atom is 0.250 e. The van der Waals surface area contributed by atoms with Crippen LogP contribution in [0.3, 0.4) is 0 Å². The Balaban J connectivity index is 2.96. The molecule has 0 aromatic carbocycles. The number of aryl methyl sites for hydroxylation is 1. The molecule has 98 valence electrons. The van der Waals surface area contributed by atoms with Gasteiger partial charge in [0, 0.05) is 11.9 Å². The smallest absolute Gasteiger partial charge is 0.206 e. The first-order valence-electron chi connectivity index (χ1n) is 5.12. The van der Waals surface area contributed by atoms with Gasteiger partial charge < -0.3 is 0 Å². The lowest BCUT2D eigenvalue weighted by Crippen LogP contribution is -2.39. The van der Waals surface area contributed by atoms with E-state index in [0.717, 1.165) is 9.35 Å². The molecule has 1 unspecified atom stereocenters. The van der Waals surface area contributed by atoms with Gasteiger partial charge in [-0.25, -0.2) is 13.1 Å². The molecule has 0 aliphatic heterocycles. The van der Waals surface area contributed by atoms with Crippen LogP contribution in [-0.4, -0.2) is 20.3 Å². The van der Waals surface area contributed by atoms with Crippen LogP contribution < -0.4 is 4.72 Å². The molecule has 0 amide bonds. The Morgan fingerprint density at radius 2 is 2.12 bits per heavy atom. The van der Waals surface area contributed by atoms with Crippen molar-refractivity contribution in [3.63, 3.8) is 0 Å². The summed E-state index contributed by atoms with van der Waals surface area (Å²) in [6, 6.07) is 1.41. The predicted molar refractivity (Wildman–Crippen MR) is 76.4 cm³/mol. The van der Waals surface area contributed by atoms with Crippen LogP contribution in [0.2, 0.25) is 0 Å². The number of hydrogen-bond acceptors (Lipinski definition) is 3. The summed E-state index contributed by atoms with van der Waals surface area (Å²) in [4.78, 5) is 0. The van der Waals surface area contributed by atoms with Crippen molar-refractivity contribution in [3.05, 3.63) is 15.4 Å². The van der Waals surface area contributed by atoms with Crippen LogP contribution in [0, 0.1) is 12.8 Å². The molecule has 1 N–H and O–H groups in total. The molecule has 0 saturated carbocycles. The summed E-state index contributed by atoms with van der Waals surface area (Å²) in [5.41, 5.74) is 0.919. The molecule has 0 aliphatic carbocycles. The second kappa shape index (κ2) is 6.02. The standard InChI is InChI=1S/C10H15BrClNO2S2/c1-6(2)8(5-12)13-17(14,15)9-4-7(3)10(11)16-9/h4,6,8,13H,5H2,1-3H3. The van der Waals surface area contributed by atoms with E-state index in [1.165, 1.54) is 11.3 Å². The van der Waals surface area contributed by atoms with Gasteiger partial charge in [-0.3, -0.25) is 0 Å². The van der Waals surface area contributed by atoms with E-state index in [1.807, 2.05) is 20.8 Å². The lowest BCUT2D eigenvalue weighted by atomic mass is 10.1. The van der Waals surface area contributed by atoms with Gasteiger partial charge >= 0.3 is 0 Å². The Hall–Kier alpha value is 0.380. The molecule has 7 heteroatoms. The zero-order chi connectivity index (χ0) is 13.2. The van der Waals surface area contributed by atoms with E-state index >= 15 is 0 Å². The SMILES string of the molecule is Cc1cc(S(=O)(=O)NC(CCl)C(C)C)sc1Br. The Labute approximate surface area is 120 Å². The fourth-order valence-corrected chi connectivity index (χ4v) is 5.32. The molecule has 17 heavy (non-hydrogen) atoms. The number of thiophene rings is 1. The lowest BCUT2D eigenvalue weighted by Gasteiger charge is -2.18. The van der Waals surface area contributed by atoms with Crippen molar-refractivity contribution in [1.29, 1.82) is 0 Å². The van der Waals surface area contributed by atoms with Gasteiger partial charge in [-0.1, -0.05) is 13.8 Å². The third-order valence-corrected chi connectivity index (χ3v) is 6.81. The van der Waals surface area contributed by atoms with Crippen molar-refractivity contribution in [1.82, 2.24) is 4.72 Å². The number of halogens is 2. The maximum absolute atomic E-state index is 12.1. The molecule has 1 aromatic heterocycles. The highest BCUT2D eigenvalue weighted by molar-refractivity contribution is 9.11. The second-order valence-electron chi connectivity index (χ2n) is 4.15. The zero-order valence-electron chi connectivity index (χ0n) is 9.83. The maximum atomic E-state index is 12.1. The average molecular weight is 361 g/mol. The van der Waals surface area contributed by atoms with Crippen molar-refractivity contribution in [2.45, 2.75) is 31.0 Å². The van der Waals surface area contributed by atoms with Gasteiger partial charge in [0.2, 0.25) is 10.0 Å². The first-order chi connectivity index (χ1) is 7.77. The fraction of sp³-hybridized carbons (Fsp3) is 0.600. The van der Waals surface area contributed by atoms with Crippen LogP contribution in [0.15, 0.2) is 14.1 Å². The van der Waals surface area contributed by atoms with E-state index in [-0.39, 0.29) is 17.8 Å². The highest BCUT2D eigenvalue weighted by Gasteiger charge is 2.23. The van der Waals surface area contributed by atoms with Crippen molar-refractivity contribution in [2.75, 3.05) is 5.88 Å². The first kappa shape index (κ1) is 15.4. The van der Waals surface area contributed by atoms with Crippen molar-refractivity contribution >= 4 is 48.9 Å². The van der Waals surface area contributed by atoms with E-state index in [1.54, 1.807) is 6.07 Å². The zero-order valence-corrected chi connectivity index (χ0v) is 13.8. The van der Waals surface area contributed by atoms with E-state index in [2.05, 4.69) is 20.7 Å². The monoisotopic (exact) mass is 359 g/mol. The summed E-state index contributed by atoms with van der Waals surface area (Å²) in [5.74, 6) is 0.425. The third kappa shape index (κ3) is 3.92. The lowest BCUT2D eigenvalue weighted by molar-refractivity contribution is 0.481. The molecule has 1 rings (SSSR count). The normalized spacial score (nSPS) is 14.2. The number of sulfonamides is 1. The van der Waals surface area contributed by atoms with Crippen LogP contribution in [0.4, 0.5) is 0 Å². The topological polar surface area (TPSA) is 46.2 Å². The molecule has 3 nitrogen and oxygen atoms in total. The van der Waals surface area contributed by atoms with Crippen LogP contribution in [0.1, 0.15) is 19.4 Å². The second-order valence-corrected chi connectivity index (χ2v) is 8.77. The summed E-state index contributed by atoms with van der Waals surface area (Å²) < 4.78 is 28.0. The molecule has 1 atom stereocenters. The van der Waals surface area contributed by atoms with Crippen molar-refractivity contribution in [2.24, 2.45) is 5.92 Å². The third-order valence-electron chi connectivity index (χ3n) is 2.38. The minimum Gasteiger partial charge on any atom is -0.206 e. The van der Waals surface area contributed by atoms with Gasteiger partial charge in [0.05, 0.1) is 3.79 Å². The van der Waals surface area contributed by atoms with Crippen molar-refractivity contribution < 1.29 is 8.42 Å². The van der Waals surface area contributed by atoms with Gasteiger partial charge in [-0.15, -0.1) is 22.9 Å². The molecule has 0 aliphatic rings. The van der Waals surface area contributed by atoms with Crippen molar-refractivity contribution in [3.8, 4) is 0 Å². The number of nitrogens with one attached hydrogen (secondary N) is 1. The number of hydrogen-bond donors (Lipinski definition) is 1. The van der Waals surface area contributed by atoms with Gasteiger partial charge in [0.1, 0.15) is 4.21 Å². The molecule has 0 spiro atoms. The Kier molecular flexibility index (Phi) is 5.46. The summed E-state index contributed by atoms with van der Waals surface area (Å²) in [7, 11) is -3.46. The number of rotatable bonds is 5. The van der Waals surface area contributed by atoms with E-state index < -0.39 is 10.0 Å². The molecular weight excluding hydrogens is 346 g/mol. The van der Waals surface area contributed by atoms with Gasteiger partial charge in [0.25, 0.3) is 0 Å². The minimum atomic E-state index is -3.46. The molecular formula is C10H15BrClNO2S2. The van der Waals surface area contributed by atoms with E-state index in [4.69, 9.17) is 11.6 Å². The summed E-state index contributed by atoms with van der Waals surface area (Å²) in [6.45, 7) is 5.73. The molecule has 1 aromatic rings. The largest absolute Gasteiger partial charge is 0.250 e. The molecule has 1 heterocycles. The van der Waals surface area contributed by atoms with E-state index in [9.17, 15) is 8.42 Å². The first-order valence-corrected chi connectivity index (χ1v) is 8.75. The average Bonchev–Trinajstić information content (AvgIpc) is 2.56. The highest BCUT2D eigenvalue weighted by Crippen LogP contribution is 2.30. The van der Waals surface area contributed by atoms with Crippen LogP contribution in [-0.2, 0) is 10.0 Å². The Morgan fingerprint density at radius 3 is 2.47 bits per heavy atom.